The van der Waals surface area contributed by atoms with E-state index in [4.69, 9.17) is 14.6 Å². The van der Waals surface area contributed by atoms with Crippen LogP contribution in [-0.2, 0) is 11.3 Å². The Bertz CT molecular complexity index is 901. The molecule has 1 heterocycles. The van der Waals surface area contributed by atoms with Crippen LogP contribution in [0.3, 0.4) is 0 Å². The van der Waals surface area contributed by atoms with Crippen molar-refractivity contribution in [2.45, 2.75) is 20.4 Å². The van der Waals surface area contributed by atoms with Crippen LogP contribution in [0.15, 0.2) is 23.1 Å². The summed E-state index contributed by atoms with van der Waals surface area (Å²) >= 11 is 0. The van der Waals surface area contributed by atoms with Crippen LogP contribution in [0.5, 0.6) is 11.5 Å². The van der Waals surface area contributed by atoms with E-state index < -0.39 is 18.4 Å². The van der Waals surface area contributed by atoms with Crippen molar-refractivity contribution in [3.63, 3.8) is 0 Å². The Morgan fingerprint density at radius 1 is 1.15 bits per heavy atom. The van der Waals surface area contributed by atoms with Gasteiger partial charge in [0.1, 0.15) is 6.54 Å². The van der Waals surface area contributed by atoms with E-state index in [1.807, 2.05) is 13.8 Å². The number of carbonyl (C=O) groups excluding carboxylic acids is 1. The normalized spacial score (nSPS) is 10.8. The Morgan fingerprint density at radius 3 is 2.23 bits per heavy atom. The molecule has 0 fully saturated rings. The summed E-state index contributed by atoms with van der Waals surface area (Å²) in [6.07, 6.45) is 1.45. The van der Waals surface area contributed by atoms with Gasteiger partial charge >= 0.3 is 5.97 Å². The number of pyridine rings is 1. The third-order valence-electron chi connectivity index (χ3n) is 3.80. The van der Waals surface area contributed by atoms with Gasteiger partial charge in [-0.05, 0) is 18.1 Å². The van der Waals surface area contributed by atoms with Crippen LogP contribution >= 0.6 is 0 Å². The van der Waals surface area contributed by atoms with Gasteiger partial charge in [-0.25, -0.2) is 0 Å². The first-order valence-electron chi connectivity index (χ1n) is 8.07. The first kappa shape index (κ1) is 19.3. The molecule has 1 aromatic carbocycles. The van der Waals surface area contributed by atoms with Crippen LogP contribution in [0.2, 0.25) is 0 Å². The number of carboxylic acids is 1. The van der Waals surface area contributed by atoms with Gasteiger partial charge in [0.15, 0.2) is 11.5 Å². The zero-order valence-electron chi connectivity index (χ0n) is 15.2. The fraction of sp³-hybridized carbons (Fsp3) is 0.389. The number of fused-ring (bicyclic) bond motifs is 1. The van der Waals surface area contributed by atoms with Crippen molar-refractivity contribution in [1.29, 1.82) is 0 Å². The molecule has 8 heteroatoms. The predicted octanol–water partition coefficient (Wildman–Crippen LogP) is 1.49. The number of carboxylic acid groups (broad SMARTS) is 1. The summed E-state index contributed by atoms with van der Waals surface area (Å²) in [6.45, 7) is 3.81. The highest BCUT2D eigenvalue weighted by atomic mass is 16.5. The van der Waals surface area contributed by atoms with Crippen LogP contribution in [-0.4, -0.2) is 42.3 Å². The molecule has 8 nitrogen and oxygen atoms in total. The molecule has 0 radical (unpaired) electrons. The number of aliphatic carboxylic acids is 1. The smallest absolute Gasteiger partial charge is 0.322 e. The van der Waals surface area contributed by atoms with E-state index in [1.165, 1.54) is 31.0 Å². The molecule has 0 aliphatic carbocycles. The Labute approximate surface area is 150 Å². The standard InChI is InChI=1S/C18H22N2O6/c1-10(2)8-20-9-13(17(23)19-7-16(21)22)11-5-14(25-3)15(26-4)6-12(11)18(20)24/h5-6,9-10H,7-8H2,1-4H3,(H,19,23)(H,21,22). The van der Waals surface area contributed by atoms with E-state index in [0.717, 1.165) is 0 Å². The molecule has 0 unspecified atom stereocenters. The van der Waals surface area contributed by atoms with E-state index in [2.05, 4.69) is 5.32 Å². The van der Waals surface area contributed by atoms with Crippen LogP contribution in [0.25, 0.3) is 10.8 Å². The minimum atomic E-state index is -1.16. The number of benzene rings is 1. The number of methoxy groups -OCH3 is 2. The van der Waals surface area contributed by atoms with Gasteiger partial charge in [-0.15, -0.1) is 0 Å². The van der Waals surface area contributed by atoms with Crippen LogP contribution in [0.1, 0.15) is 24.2 Å². The molecule has 0 atom stereocenters. The summed E-state index contributed by atoms with van der Waals surface area (Å²) < 4.78 is 12.0. The maximum Gasteiger partial charge on any atom is 0.322 e. The summed E-state index contributed by atoms with van der Waals surface area (Å²) in [4.78, 5) is 36.1. The Hall–Kier alpha value is -3.03. The second kappa shape index (κ2) is 7.90. The summed E-state index contributed by atoms with van der Waals surface area (Å²) in [7, 11) is 2.91. The van der Waals surface area contributed by atoms with Gasteiger partial charge < -0.3 is 24.5 Å². The molecule has 1 amide bonds. The van der Waals surface area contributed by atoms with E-state index in [1.54, 1.807) is 6.07 Å². The molecule has 0 spiro atoms. The molecule has 2 N–H and O–H groups in total. The van der Waals surface area contributed by atoms with E-state index in [-0.39, 0.29) is 17.0 Å². The maximum absolute atomic E-state index is 12.8. The molecule has 0 saturated heterocycles. The van der Waals surface area contributed by atoms with Crippen LogP contribution in [0.4, 0.5) is 0 Å². The van der Waals surface area contributed by atoms with E-state index in [0.29, 0.717) is 28.8 Å². The number of ether oxygens (including phenoxy) is 2. The third kappa shape index (κ3) is 3.96. The molecule has 0 aliphatic rings. The van der Waals surface area contributed by atoms with Crippen molar-refractivity contribution in [2.75, 3.05) is 20.8 Å². The maximum atomic E-state index is 12.8. The zero-order chi connectivity index (χ0) is 19.4. The average Bonchev–Trinajstić information content (AvgIpc) is 2.60. The molecule has 0 bridgehead atoms. The highest BCUT2D eigenvalue weighted by molar-refractivity contribution is 6.07. The van der Waals surface area contributed by atoms with Gasteiger partial charge in [-0.1, -0.05) is 13.8 Å². The minimum absolute atomic E-state index is 0.181. The summed E-state index contributed by atoms with van der Waals surface area (Å²) in [5.41, 5.74) is -0.0631. The number of rotatable bonds is 7. The zero-order valence-corrected chi connectivity index (χ0v) is 15.2. The molecule has 26 heavy (non-hydrogen) atoms. The molecule has 2 rings (SSSR count). The lowest BCUT2D eigenvalue weighted by molar-refractivity contribution is -0.135. The number of nitrogens with zero attached hydrogens (tertiary/aromatic N) is 1. The Balaban J connectivity index is 2.74. The fourth-order valence-corrected chi connectivity index (χ4v) is 2.68. The topological polar surface area (TPSA) is 107 Å². The largest absolute Gasteiger partial charge is 0.493 e. The van der Waals surface area contributed by atoms with Crippen molar-refractivity contribution in [3.05, 3.63) is 34.2 Å². The highest BCUT2D eigenvalue weighted by Gasteiger charge is 2.19. The van der Waals surface area contributed by atoms with Crippen molar-refractivity contribution < 1.29 is 24.2 Å². The molecule has 2 aromatic rings. The lowest BCUT2D eigenvalue weighted by atomic mass is 10.0. The van der Waals surface area contributed by atoms with Crippen LogP contribution in [0, 0.1) is 5.92 Å². The molecule has 0 aliphatic heterocycles. The Morgan fingerprint density at radius 2 is 1.73 bits per heavy atom. The number of aromatic nitrogens is 1. The quantitative estimate of drug-likeness (QED) is 0.773. The molecular formula is C18H22N2O6. The van der Waals surface area contributed by atoms with Crippen LogP contribution < -0.4 is 20.3 Å². The van der Waals surface area contributed by atoms with Crippen molar-refractivity contribution >= 4 is 22.6 Å². The summed E-state index contributed by atoms with van der Waals surface area (Å²) in [5, 5.41) is 11.8. The van der Waals surface area contributed by atoms with E-state index in [9.17, 15) is 14.4 Å². The molecule has 1 aromatic heterocycles. The lowest BCUT2D eigenvalue weighted by Crippen LogP contribution is -2.31. The van der Waals surface area contributed by atoms with Crippen molar-refractivity contribution in [2.24, 2.45) is 5.92 Å². The van der Waals surface area contributed by atoms with Gasteiger partial charge in [-0.2, -0.15) is 0 Å². The first-order valence-corrected chi connectivity index (χ1v) is 8.07. The first-order chi connectivity index (χ1) is 12.3. The third-order valence-corrected chi connectivity index (χ3v) is 3.80. The number of nitrogens with one attached hydrogen (secondary N) is 1. The van der Waals surface area contributed by atoms with E-state index >= 15 is 0 Å². The van der Waals surface area contributed by atoms with Gasteiger partial charge in [0.05, 0.1) is 25.2 Å². The number of hydrogen-bond acceptors (Lipinski definition) is 5. The highest BCUT2D eigenvalue weighted by Crippen LogP contribution is 2.32. The number of amides is 1. The van der Waals surface area contributed by atoms with Gasteiger partial charge in [0.2, 0.25) is 0 Å². The van der Waals surface area contributed by atoms with Gasteiger partial charge in [0, 0.05) is 18.1 Å². The summed E-state index contributed by atoms with van der Waals surface area (Å²) in [6, 6.07) is 3.08. The number of hydrogen-bond donors (Lipinski definition) is 2. The molecular weight excluding hydrogens is 340 g/mol. The minimum Gasteiger partial charge on any atom is -0.493 e. The molecule has 140 valence electrons. The fourth-order valence-electron chi connectivity index (χ4n) is 2.68. The SMILES string of the molecule is COc1cc2c(C(=O)NCC(=O)O)cn(CC(C)C)c(=O)c2cc1OC. The second-order valence-corrected chi connectivity index (χ2v) is 6.22. The van der Waals surface area contributed by atoms with Crippen molar-refractivity contribution in [1.82, 2.24) is 9.88 Å². The average molecular weight is 362 g/mol. The predicted molar refractivity (Wildman–Crippen MR) is 96.1 cm³/mol. The second-order valence-electron chi connectivity index (χ2n) is 6.22. The summed E-state index contributed by atoms with van der Waals surface area (Å²) in [5.74, 6) is -0.815. The number of carbonyl (C=O) groups is 2. The van der Waals surface area contributed by atoms with Crippen molar-refractivity contribution in [3.8, 4) is 11.5 Å². The Kier molecular flexibility index (Phi) is 5.86. The van der Waals surface area contributed by atoms with Gasteiger partial charge in [0.25, 0.3) is 11.5 Å². The monoisotopic (exact) mass is 362 g/mol. The van der Waals surface area contributed by atoms with Gasteiger partial charge in [-0.3, -0.25) is 14.4 Å². The molecule has 0 saturated carbocycles. The lowest BCUT2D eigenvalue weighted by Gasteiger charge is -2.16.